The van der Waals surface area contributed by atoms with Crippen LogP contribution in [0.1, 0.15) is 40.9 Å². The van der Waals surface area contributed by atoms with E-state index in [2.05, 4.69) is 10.2 Å². The summed E-state index contributed by atoms with van der Waals surface area (Å²) in [6.07, 6.45) is 1.41. The predicted molar refractivity (Wildman–Crippen MR) is 73.3 cm³/mol. The summed E-state index contributed by atoms with van der Waals surface area (Å²) in [5, 5.41) is 7.81. The number of nitrogens with zero attached hydrogens (tertiary/aromatic N) is 3. The number of rotatable bonds is 2. The van der Waals surface area contributed by atoms with E-state index in [1.54, 1.807) is 11.8 Å². The Hall–Kier alpha value is -2.31. The van der Waals surface area contributed by atoms with Crippen molar-refractivity contribution in [1.29, 1.82) is 0 Å². The lowest BCUT2D eigenvalue weighted by Crippen LogP contribution is -2.38. The third-order valence-electron chi connectivity index (χ3n) is 3.84. The first-order chi connectivity index (χ1) is 10.5. The van der Waals surface area contributed by atoms with E-state index in [1.165, 1.54) is 6.07 Å². The monoisotopic (exact) mass is 307 g/mol. The van der Waals surface area contributed by atoms with Crippen molar-refractivity contribution in [3.05, 3.63) is 47.2 Å². The molecule has 0 radical (unpaired) electrons. The number of hydrogen-bond donors (Lipinski definition) is 0. The molecular formula is C15H15F2N3O2. The Morgan fingerprint density at radius 2 is 1.95 bits per heavy atom. The lowest BCUT2D eigenvalue weighted by Gasteiger charge is -2.30. The molecule has 2 aromatic rings. The molecule has 1 aliphatic heterocycles. The van der Waals surface area contributed by atoms with Crippen LogP contribution in [0.4, 0.5) is 8.78 Å². The van der Waals surface area contributed by atoms with Crippen molar-refractivity contribution in [3.63, 3.8) is 0 Å². The summed E-state index contributed by atoms with van der Waals surface area (Å²) in [5.74, 6) is -1.01. The number of halogens is 2. The minimum Gasteiger partial charge on any atom is -0.425 e. The summed E-state index contributed by atoms with van der Waals surface area (Å²) in [5.41, 5.74) is 0.158. The molecule has 1 amide bonds. The van der Waals surface area contributed by atoms with Gasteiger partial charge in [0.15, 0.2) is 11.6 Å². The highest BCUT2D eigenvalue weighted by molar-refractivity contribution is 5.94. The number of aromatic nitrogens is 2. The predicted octanol–water partition coefficient (Wildman–Crippen LogP) is 2.68. The second-order valence-corrected chi connectivity index (χ2v) is 5.35. The van der Waals surface area contributed by atoms with Gasteiger partial charge in [-0.15, -0.1) is 10.2 Å². The normalized spacial score (nSPS) is 16.0. The molecule has 1 aromatic carbocycles. The molecule has 7 heteroatoms. The highest BCUT2D eigenvalue weighted by atomic mass is 19.2. The average molecular weight is 307 g/mol. The number of aryl methyl sites for hydroxylation is 1. The van der Waals surface area contributed by atoms with Gasteiger partial charge < -0.3 is 9.32 Å². The first-order valence-electron chi connectivity index (χ1n) is 7.09. The maximum absolute atomic E-state index is 13.2. The molecule has 0 unspecified atom stereocenters. The van der Waals surface area contributed by atoms with Crippen molar-refractivity contribution >= 4 is 5.91 Å². The highest BCUT2D eigenvalue weighted by Gasteiger charge is 2.27. The van der Waals surface area contributed by atoms with Gasteiger partial charge in [-0.05, 0) is 31.0 Å². The number of piperidine rings is 1. The number of carbonyl (C=O) groups is 1. The van der Waals surface area contributed by atoms with Crippen LogP contribution in [0.3, 0.4) is 0 Å². The van der Waals surface area contributed by atoms with Gasteiger partial charge in [0, 0.05) is 31.5 Å². The molecule has 3 rings (SSSR count). The van der Waals surface area contributed by atoms with E-state index in [-0.39, 0.29) is 17.4 Å². The molecule has 0 aliphatic carbocycles. The van der Waals surface area contributed by atoms with Gasteiger partial charge in [0.25, 0.3) is 5.91 Å². The van der Waals surface area contributed by atoms with Crippen LogP contribution in [0.5, 0.6) is 0 Å². The Morgan fingerprint density at radius 3 is 2.55 bits per heavy atom. The minimum atomic E-state index is -1.01. The molecule has 1 aliphatic rings. The summed E-state index contributed by atoms with van der Waals surface area (Å²) in [7, 11) is 0. The van der Waals surface area contributed by atoms with Crippen LogP contribution in [0.25, 0.3) is 0 Å². The van der Waals surface area contributed by atoms with E-state index >= 15 is 0 Å². The second kappa shape index (κ2) is 5.82. The van der Waals surface area contributed by atoms with Gasteiger partial charge in [-0.25, -0.2) is 8.78 Å². The van der Waals surface area contributed by atoms with Crippen molar-refractivity contribution in [1.82, 2.24) is 15.1 Å². The smallest absolute Gasteiger partial charge is 0.253 e. The quantitative estimate of drug-likeness (QED) is 0.856. The number of amides is 1. The maximum Gasteiger partial charge on any atom is 0.253 e. The van der Waals surface area contributed by atoms with Crippen molar-refractivity contribution < 1.29 is 18.0 Å². The lowest BCUT2D eigenvalue weighted by atomic mass is 9.96. The Kier molecular flexibility index (Phi) is 3.87. The number of hydrogen-bond acceptors (Lipinski definition) is 4. The summed E-state index contributed by atoms with van der Waals surface area (Å²) in [4.78, 5) is 13.9. The second-order valence-electron chi connectivity index (χ2n) is 5.35. The van der Waals surface area contributed by atoms with E-state index in [9.17, 15) is 13.6 Å². The molecule has 0 bridgehead atoms. The van der Waals surface area contributed by atoms with Crippen LogP contribution in [-0.2, 0) is 0 Å². The zero-order valence-corrected chi connectivity index (χ0v) is 12.1. The van der Waals surface area contributed by atoms with E-state index < -0.39 is 11.6 Å². The van der Waals surface area contributed by atoms with Gasteiger partial charge >= 0.3 is 0 Å². The zero-order valence-electron chi connectivity index (χ0n) is 12.1. The molecule has 1 fully saturated rings. The fourth-order valence-corrected chi connectivity index (χ4v) is 2.62. The molecule has 0 N–H and O–H groups in total. The summed E-state index contributed by atoms with van der Waals surface area (Å²) in [6.45, 7) is 2.77. The number of benzene rings is 1. The van der Waals surface area contributed by atoms with E-state index in [0.717, 1.165) is 12.1 Å². The number of carbonyl (C=O) groups excluding carboxylic acids is 1. The molecule has 0 spiro atoms. The van der Waals surface area contributed by atoms with E-state index in [1.807, 2.05) is 0 Å². The van der Waals surface area contributed by atoms with Crippen molar-refractivity contribution in [2.45, 2.75) is 25.7 Å². The van der Waals surface area contributed by atoms with Crippen LogP contribution in [0.15, 0.2) is 22.6 Å². The van der Waals surface area contributed by atoms with Gasteiger partial charge in [0.2, 0.25) is 11.8 Å². The molecule has 2 heterocycles. The lowest BCUT2D eigenvalue weighted by molar-refractivity contribution is 0.0705. The first kappa shape index (κ1) is 14.6. The largest absolute Gasteiger partial charge is 0.425 e. The Balaban J connectivity index is 1.65. The molecule has 1 aromatic heterocycles. The van der Waals surface area contributed by atoms with Gasteiger partial charge in [0.1, 0.15) is 0 Å². The molecule has 116 valence electrons. The Bertz CT molecular complexity index is 694. The topological polar surface area (TPSA) is 59.2 Å². The SMILES string of the molecule is Cc1nnc(C2CCN(C(=O)c3ccc(F)c(F)c3)CC2)o1. The molecule has 0 atom stereocenters. The van der Waals surface area contributed by atoms with E-state index in [4.69, 9.17) is 4.42 Å². The van der Waals surface area contributed by atoms with Gasteiger partial charge in [0.05, 0.1) is 0 Å². The highest BCUT2D eigenvalue weighted by Crippen LogP contribution is 2.27. The molecule has 22 heavy (non-hydrogen) atoms. The van der Waals surface area contributed by atoms with Crippen LogP contribution in [0.2, 0.25) is 0 Å². The van der Waals surface area contributed by atoms with Crippen LogP contribution >= 0.6 is 0 Å². The zero-order chi connectivity index (χ0) is 15.7. The Labute approximate surface area is 125 Å². The minimum absolute atomic E-state index is 0.134. The Morgan fingerprint density at radius 1 is 1.23 bits per heavy atom. The molecule has 0 saturated carbocycles. The fraction of sp³-hybridized carbons (Fsp3) is 0.400. The van der Waals surface area contributed by atoms with Gasteiger partial charge in [-0.2, -0.15) is 0 Å². The van der Waals surface area contributed by atoms with Crippen LogP contribution < -0.4 is 0 Å². The van der Waals surface area contributed by atoms with Crippen LogP contribution in [0, 0.1) is 18.6 Å². The summed E-state index contributed by atoms with van der Waals surface area (Å²) < 4.78 is 31.6. The van der Waals surface area contributed by atoms with Crippen LogP contribution in [-0.4, -0.2) is 34.1 Å². The van der Waals surface area contributed by atoms with Crippen molar-refractivity contribution in [2.75, 3.05) is 13.1 Å². The number of likely N-dealkylation sites (tertiary alicyclic amines) is 1. The molecule has 1 saturated heterocycles. The first-order valence-corrected chi connectivity index (χ1v) is 7.09. The average Bonchev–Trinajstić information content (AvgIpc) is 2.96. The summed E-state index contributed by atoms with van der Waals surface area (Å²) >= 11 is 0. The standard InChI is InChI=1S/C15H15F2N3O2/c1-9-18-19-14(22-9)10-4-6-20(7-5-10)15(21)11-2-3-12(16)13(17)8-11/h2-3,8,10H,4-7H2,1H3. The molecular weight excluding hydrogens is 292 g/mol. The third-order valence-corrected chi connectivity index (χ3v) is 3.84. The molecule has 5 nitrogen and oxygen atoms in total. The maximum atomic E-state index is 13.2. The van der Waals surface area contributed by atoms with Gasteiger partial charge in [-0.1, -0.05) is 0 Å². The van der Waals surface area contributed by atoms with Crippen molar-refractivity contribution in [3.8, 4) is 0 Å². The fourth-order valence-electron chi connectivity index (χ4n) is 2.62. The van der Waals surface area contributed by atoms with Crippen molar-refractivity contribution in [2.24, 2.45) is 0 Å². The van der Waals surface area contributed by atoms with E-state index in [0.29, 0.717) is 37.7 Å². The van der Waals surface area contributed by atoms with Gasteiger partial charge in [-0.3, -0.25) is 4.79 Å². The third kappa shape index (κ3) is 2.84. The summed E-state index contributed by atoms with van der Waals surface area (Å²) in [6, 6.07) is 3.20.